The van der Waals surface area contributed by atoms with Gasteiger partial charge in [-0.2, -0.15) is 0 Å². The van der Waals surface area contributed by atoms with Crippen LogP contribution in [0, 0.1) is 19.7 Å². The summed E-state index contributed by atoms with van der Waals surface area (Å²) in [4.78, 5) is 15.1. The molecular weight excluding hydrogens is 363 g/mol. The van der Waals surface area contributed by atoms with Crippen LogP contribution in [0.25, 0.3) is 0 Å². The lowest BCUT2D eigenvalue weighted by atomic mass is 9.89. The van der Waals surface area contributed by atoms with Gasteiger partial charge < -0.3 is 10.2 Å². The normalized spacial score (nSPS) is 18.3. The lowest BCUT2D eigenvalue weighted by Crippen LogP contribution is -2.44. The van der Waals surface area contributed by atoms with Crippen molar-refractivity contribution in [3.05, 3.63) is 94.8 Å². The number of benzene rings is 3. The van der Waals surface area contributed by atoms with Crippen LogP contribution in [0.3, 0.4) is 0 Å². The maximum absolute atomic E-state index is 13.7. The summed E-state index contributed by atoms with van der Waals surface area (Å²) < 4.78 is 13.7. The van der Waals surface area contributed by atoms with Crippen LogP contribution in [0.4, 0.5) is 15.8 Å². The summed E-state index contributed by atoms with van der Waals surface area (Å²) in [6.45, 7) is 6.17. The molecular formula is C25H25FN2O. The highest BCUT2D eigenvalue weighted by atomic mass is 19.1. The van der Waals surface area contributed by atoms with Gasteiger partial charge >= 0.3 is 0 Å². The number of nitrogens with one attached hydrogen (secondary N) is 1. The minimum atomic E-state index is -0.399. The van der Waals surface area contributed by atoms with Crippen LogP contribution >= 0.6 is 0 Å². The van der Waals surface area contributed by atoms with E-state index in [1.165, 1.54) is 17.7 Å². The van der Waals surface area contributed by atoms with Crippen LogP contribution in [0.1, 0.15) is 46.4 Å². The van der Waals surface area contributed by atoms with Crippen LogP contribution < -0.4 is 10.2 Å². The van der Waals surface area contributed by atoms with Crippen molar-refractivity contribution < 1.29 is 9.18 Å². The van der Waals surface area contributed by atoms with E-state index in [1.54, 1.807) is 17.0 Å². The van der Waals surface area contributed by atoms with E-state index in [2.05, 4.69) is 49.5 Å². The van der Waals surface area contributed by atoms with Gasteiger partial charge in [0.2, 0.25) is 0 Å². The lowest BCUT2D eigenvalue weighted by molar-refractivity contribution is 0.0973. The molecule has 0 unspecified atom stereocenters. The monoisotopic (exact) mass is 388 g/mol. The number of carbonyl (C=O) groups excluding carboxylic acids is 1. The zero-order valence-electron chi connectivity index (χ0n) is 16.9. The number of carbonyl (C=O) groups is 1. The molecule has 29 heavy (non-hydrogen) atoms. The Balaban J connectivity index is 1.71. The van der Waals surface area contributed by atoms with Crippen molar-refractivity contribution in [1.82, 2.24) is 0 Å². The van der Waals surface area contributed by atoms with Crippen molar-refractivity contribution in [3.63, 3.8) is 0 Å². The molecule has 0 saturated carbocycles. The van der Waals surface area contributed by atoms with Crippen LogP contribution in [0.5, 0.6) is 0 Å². The van der Waals surface area contributed by atoms with Crippen molar-refractivity contribution >= 4 is 17.3 Å². The van der Waals surface area contributed by atoms with Crippen molar-refractivity contribution in [2.75, 3.05) is 10.2 Å². The van der Waals surface area contributed by atoms with Gasteiger partial charge in [-0.15, -0.1) is 0 Å². The van der Waals surface area contributed by atoms with Crippen molar-refractivity contribution in [2.45, 2.75) is 39.3 Å². The molecule has 148 valence electrons. The Morgan fingerprint density at radius 1 is 1.00 bits per heavy atom. The van der Waals surface area contributed by atoms with E-state index in [4.69, 9.17) is 0 Å². The summed E-state index contributed by atoms with van der Waals surface area (Å²) in [6, 6.07) is 20.5. The maximum Gasteiger partial charge on any atom is 0.258 e. The molecule has 2 atom stereocenters. The van der Waals surface area contributed by atoms with E-state index in [0.29, 0.717) is 5.56 Å². The fourth-order valence-electron chi connectivity index (χ4n) is 4.04. The Morgan fingerprint density at radius 2 is 1.72 bits per heavy atom. The molecule has 1 aliphatic rings. The number of aryl methyl sites for hydroxylation is 2. The van der Waals surface area contributed by atoms with Gasteiger partial charge in [0.15, 0.2) is 0 Å². The van der Waals surface area contributed by atoms with Crippen molar-refractivity contribution in [3.8, 4) is 0 Å². The van der Waals surface area contributed by atoms with E-state index in [-0.39, 0.29) is 18.0 Å². The number of rotatable bonds is 3. The first-order valence-electron chi connectivity index (χ1n) is 9.95. The molecule has 0 bridgehead atoms. The van der Waals surface area contributed by atoms with Gasteiger partial charge in [-0.25, -0.2) is 4.39 Å². The average Bonchev–Trinajstić information content (AvgIpc) is 2.70. The second-order valence-electron chi connectivity index (χ2n) is 7.90. The number of hydrogen-bond acceptors (Lipinski definition) is 2. The third-order valence-electron chi connectivity index (χ3n) is 5.52. The predicted molar refractivity (Wildman–Crippen MR) is 116 cm³/mol. The SMILES string of the molecule is Cc1ccc(N[C@@H]2C[C@@H](C)N(C(=O)c3cccc(F)c3)c3ccc(C)cc32)cc1. The number of halogens is 1. The molecule has 0 aromatic heterocycles. The molecule has 1 N–H and O–H groups in total. The average molecular weight is 388 g/mol. The second-order valence-corrected chi connectivity index (χ2v) is 7.90. The predicted octanol–water partition coefficient (Wildman–Crippen LogP) is 6.03. The molecule has 3 aromatic rings. The first-order chi connectivity index (χ1) is 13.9. The van der Waals surface area contributed by atoms with Crippen LogP contribution in [-0.2, 0) is 0 Å². The van der Waals surface area contributed by atoms with Crippen LogP contribution in [0.15, 0.2) is 66.7 Å². The Hall–Kier alpha value is -3.14. The molecule has 4 rings (SSSR count). The minimum absolute atomic E-state index is 0.0241. The fraction of sp³-hybridized carbons (Fsp3) is 0.240. The van der Waals surface area contributed by atoms with E-state index >= 15 is 0 Å². The summed E-state index contributed by atoms with van der Waals surface area (Å²) in [6.07, 6.45) is 0.769. The molecule has 1 amide bonds. The molecule has 0 saturated heterocycles. The highest BCUT2D eigenvalue weighted by Crippen LogP contribution is 2.40. The zero-order valence-corrected chi connectivity index (χ0v) is 16.9. The van der Waals surface area contributed by atoms with Gasteiger partial charge in [-0.1, -0.05) is 41.5 Å². The lowest BCUT2D eigenvalue weighted by Gasteiger charge is -2.40. The molecule has 1 aliphatic heterocycles. The standard InChI is InChI=1S/C25H25FN2O/c1-16-7-10-21(11-8-16)27-23-14-18(3)28(24-12-9-17(2)13-22(23)24)25(29)19-5-4-6-20(26)15-19/h4-13,15,18,23,27H,14H2,1-3H3/t18-,23-/m1/s1. The summed E-state index contributed by atoms with van der Waals surface area (Å²) in [5, 5.41) is 3.63. The van der Waals surface area contributed by atoms with Crippen LogP contribution in [0.2, 0.25) is 0 Å². The molecule has 3 nitrogen and oxygen atoms in total. The number of fused-ring (bicyclic) bond motifs is 1. The Bertz CT molecular complexity index is 1040. The first-order valence-corrected chi connectivity index (χ1v) is 9.95. The largest absolute Gasteiger partial charge is 0.378 e. The van der Waals surface area contributed by atoms with E-state index in [1.807, 2.05) is 19.1 Å². The summed E-state index contributed by atoms with van der Waals surface area (Å²) in [7, 11) is 0. The molecule has 0 radical (unpaired) electrons. The highest BCUT2D eigenvalue weighted by Gasteiger charge is 2.34. The van der Waals surface area contributed by atoms with E-state index in [0.717, 1.165) is 28.9 Å². The maximum atomic E-state index is 13.7. The Kier molecular flexibility index (Phi) is 5.10. The highest BCUT2D eigenvalue weighted by molar-refractivity contribution is 6.07. The van der Waals surface area contributed by atoms with E-state index < -0.39 is 5.82 Å². The van der Waals surface area contributed by atoms with Gasteiger partial charge in [-0.3, -0.25) is 4.79 Å². The molecule has 3 aromatic carbocycles. The quantitative estimate of drug-likeness (QED) is 0.594. The second kappa shape index (κ2) is 7.70. The van der Waals surface area contributed by atoms with Gasteiger partial charge in [0.25, 0.3) is 5.91 Å². The molecule has 0 aliphatic carbocycles. The van der Waals surface area contributed by atoms with Gasteiger partial charge in [0.1, 0.15) is 5.82 Å². The summed E-state index contributed by atoms with van der Waals surface area (Å²) in [5.41, 5.74) is 5.77. The van der Waals surface area contributed by atoms with Gasteiger partial charge in [0, 0.05) is 23.0 Å². The molecule has 0 spiro atoms. The van der Waals surface area contributed by atoms with Crippen LogP contribution in [-0.4, -0.2) is 11.9 Å². The minimum Gasteiger partial charge on any atom is -0.378 e. The number of hydrogen-bond donors (Lipinski definition) is 1. The molecule has 1 heterocycles. The number of anilines is 2. The van der Waals surface area contributed by atoms with Gasteiger partial charge in [-0.05, 0) is 69.2 Å². The molecule has 4 heteroatoms. The smallest absolute Gasteiger partial charge is 0.258 e. The molecule has 0 fully saturated rings. The summed E-state index contributed by atoms with van der Waals surface area (Å²) >= 11 is 0. The van der Waals surface area contributed by atoms with E-state index in [9.17, 15) is 9.18 Å². The Labute approximate surface area is 171 Å². The first kappa shape index (κ1) is 19.2. The van der Waals surface area contributed by atoms with Crippen molar-refractivity contribution in [1.29, 1.82) is 0 Å². The third-order valence-corrected chi connectivity index (χ3v) is 5.52. The number of amides is 1. The Morgan fingerprint density at radius 3 is 2.45 bits per heavy atom. The van der Waals surface area contributed by atoms with Gasteiger partial charge in [0.05, 0.1) is 6.04 Å². The third kappa shape index (κ3) is 3.88. The summed E-state index contributed by atoms with van der Waals surface area (Å²) in [5.74, 6) is -0.570. The number of nitrogens with zero attached hydrogens (tertiary/aromatic N) is 1. The fourth-order valence-corrected chi connectivity index (χ4v) is 4.04. The van der Waals surface area contributed by atoms with Crippen molar-refractivity contribution in [2.24, 2.45) is 0 Å². The zero-order chi connectivity index (χ0) is 20.5. The topological polar surface area (TPSA) is 32.3 Å².